The van der Waals surface area contributed by atoms with Crippen LogP contribution in [0.3, 0.4) is 0 Å². The molecule has 0 saturated carbocycles. The number of ether oxygens (including phenoxy) is 3. The van der Waals surface area contributed by atoms with Gasteiger partial charge in [0.2, 0.25) is 5.60 Å². The minimum Gasteiger partial charge on any atom is -0.580 e. The topological polar surface area (TPSA) is 48.3 Å². The number of allylic oxidation sites excluding steroid dienone is 1. The van der Waals surface area contributed by atoms with Crippen molar-refractivity contribution in [3.63, 3.8) is 0 Å². The summed E-state index contributed by atoms with van der Waals surface area (Å²) in [5.41, 5.74) is 1.91. The second-order valence-electron chi connectivity index (χ2n) is 8.78. The van der Waals surface area contributed by atoms with Crippen LogP contribution in [0.25, 0.3) is 16.7 Å². The molecule has 0 aromatic heterocycles. The zero-order chi connectivity index (χ0) is 27.1. The van der Waals surface area contributed by atoms with E-state index in [-0.39, 0.29) is 5.97 Å². The number of hydrogen-bond acceptors (Lipinski definition) is 3. The number of aliphatic hydroxyl groups is 1. The van der Waals surface area contributed by atoms with Crippen molar-refractivity contribution in [2.24, 2.45) is 0 Å². The van der Waals surface area contributed by atoms with Crippen LogP contribution in [0, 0.1) is 0 Å². The largest absolute Gasteiger partial charge is 0.580 e. The minimum atomic E-state index is -4.34. The van der Waals surface area contributed by atoms with Gasteiger partial charge in [0.05, 0.1) is 12.2 Å². The van der Waals surface area contributed by atoms with Crippen molar-refractivity contribution in [3.05, 3.63) is 90.0 Å². The fraction of sp³-hybridized carbons (Fsp3) is 0.300. The summed E-state index contributed by atoms with van der Waals surface area (Å²) in [7, 11) is 0. The predicted molar refractivity (Wildman–Crippen MR) is 139 cm³/mol. The number of halogens is 3. The fourth-order valence-corrected chi connectivity index (χ4v) is 3.60. The van der Waals surface area contributed by atoms with E-state index in [1.54, 1.807) is 26.0 Å². The van der Waals surface area contributed by atoms with E-state index in [9.17, 15) is 18.0 Å². The molecule has 0 amide bonds. The molecular formula is C30H32F3O4+. The number of hydrogen-bond donors (Lipinski definition) is 0. The van der Waals surface area contributed by atoms with Crippen LogP contribution in [0.4, 0.5) is 13.2 Å². The lowest BCUT2D eigenvalue weighted by Gasteiger charge is -2.27. The lowest BCUT2D eigenvalue weighted by Crippen LogP contribution is -2.42. The quantitative estimate of drug-likeness (QED) is 0.205. The molecular weight excluding hydrogens is 481 g/mol. The molecule has 0 radical (unpaired) electrons. The standard InChI is InChI=1S/C30H31F3O4/c1-5-29(4,28(34)35-6-2)37-27-17-15-26(16-18-27)36-20-19-21(3)22-7-9-23(10-8-22)24-11-13-25(14-12-24)30(31,32)33/h7-19H,5-6,20H2,1-4H3/p+1/b21-19+/t29-/m1/s1. The van der Waals surface area contributed by atoms with Gasteiger partial charge < -0.3 is 14.2 Å². The molecule has 0 saturated heterocycles. The molecule has 3 aromatic carbocycles. The second-order valence-corrected chi connectivity index (χ2v) is 8.78. The Kier molecular flexibility index (Phi) is 9.03. The Morgan fingerprint density at radius 2 is 1.46 bits per heavy atom. The molecule has 0 bridgehead atoms. The van der Waals surface area contributed by atoms with Gasteiger partial charge in [-0.15, -0.1) is 0 Å². The van der Waals surface area contributed by atoms with Gasteiger partial charge in [0.15, 0.2) is 6.61 Å². The Morgan fingerprint density at radius 1 is 0.892 bits per heavy atom. The Balaban J connectivity index is 1.57. The van der Waals surface area contributed by atoms with E-state index in [2.05, 4.69) is 4.74 Å². The first kappa shape index (κ1) is 27.8. The Labute approximate surface area is 215 Å². The van der Waals surface area contributed by atoms with Gasteiger partial charge >= 0.3 is 12.1 Å². The highest BCUT2D eigenvalue weighted by Gasteiger charge is 2.35. The van der Waals surface area contributed by atoms with Gasteiger partial charge in [0.25, 0.3) is 5.75 Å². The molecule has 0 fully saturated rings. The summed E-state index contributed by atoms with van der Waals surface area (Å²) in [6.45, 7) is 8.11. The third-order valence-electron chi connectivity index (χ3n) is 6.12. The molecule has 1 atom stereocenters. The van der Waals surface area contributed by atoms with E-state index in [4.69, 9.17) is 9.47 Å². The van der Waals surface area contributed by atoms with Gasteiger partial charge in [-0.3, -0.25) is 0 Å². The SMILES string of the molecule is CCOC(=O)[C@@](C)(CC)Oc1ccc([OH+]C/C=C(\C)c2ccc(-c3ccc(C(F)(F)F)cc3)cc2)cc1. The second kappa shape index (κ2) is 12.0. The zero-order valence-electron chi connectivity index (χ0n) is 21.4. The van der Waals surface area contributed by atoms with Gasteiger partial charge in [-0.05, 0) is 73.7 Å². The van der Waals surface area contributed by atoms with Gasteiger partial charge in [0, 0.05) is 18.2 Å². The van der Waals surface area contributed by atoms with E-state index in [1.807, 2.05) is 56.3 Å². The molecule has 0 aliphatic rings. The monoisotopic (exact) mass is 513 g/mol. The normalized spacial score (nSPS) is 13.5. The summed E-state index contributed by atoms with van der Waals surface area (Å²) in [5, 5.41) is 0. The van der Waals surface area contributed by atoms with Gasteiger partial charge in [-0.25, -0.2) is 4.79 Å². The van der Waals surface area contributed by atoms with Crippen LogP contribution in [0.15, 0.2) is 78.9 Å². The first-order valence-corrected chi connectivity index (χ1v) is 12.1. The smallest absolute Gasteiger partial charge is 0.416 e. The summed E-state index contributed by atoms with van der Waals surface area (Å²) >= 11 is 0. The maximum atomic E-state index is 12.8. The van der Waals surface area contributed by atoms with E-state index >= 15 is 0 Å². The molecule has 3 aromatic rings. The van der Waals surface area contributed by atoms with Crippen LogP contribution >= 0.6 is 0 Å². The van der Waals surface area contributed by atoms with Crippen LogP contribution in [-0.2, 0) is 15.7 Å². The minimum absolute atomic E-state index is 0.297. The third kappa shape index (κ3) is 7.38. The Morgan fingerprint density at radius 3 is 1.97 bits per heavy atom. The summed E-state index contributed by atoms with van der Waals surface area (Å²) in [4.78, 5) is 12.2. The fourth-order valence-electron chi connectivity index (χ4n) is 3.60. The number of benzene rings is 3. The molecule has 196 valence electrons. The van der Waals surface area contributed by atoms with Crippen molar-refractivity contribution >= 4 is 11.5 Å². The number of alkyl halides is 3. The molecule has 37 heavy (non-hydrogen) atoms. The summed E-state index contributed by atoms with van der Waals surface area (Å²) < 4.78 is 53.9. The highest BCUT2D eigenvalue weighted by Crippen LogP contribution is 2.31. The maximum Gasteiger partial charge on any atom is 0.416 e. The van der Waals surface area contributed by atoms with Crippen molar-refractivity contribution in [3.8, 4) is 22.6 Å². The van der Waals surface area contributed by atoms with Crippen molar-refractivity contribution in [2.75, 3.05) is 13.2 Å². The summed E-state index contributed by atoms with van der Waals surface area (Å²) in [6, 6.07) is 20.1. The van der Waals surface area contributed by atoms with Crippen LogP contribution in [0.5, 0.6) is 11.5 Å². The molecule has 3 rings (SSSR count). The van der Waals surface area contributed by atoms with Crippen LogP contribution in [0.1, 0.15) is 45.2 Å². The first-order chi connectivity index (χ1) is 17.6. The lowest BCUT2D eigenvalue weighted by atomic mass is 10.00. The molecule has 0 heterocycles. The molecule has 0 aliphatic carbocycles. The van der Waals surface area contributed by atoms with E-state index in [1.165, 1.54) is 12.1 Å². The predicted octanol–water partition coefficient (Wildman–Crippen LogP) is 7.83. The van der Waals surface area contributed by atoms with Crippen LogP contribution < -0.4 is 4.74 Å². The van der Waals surface area contributed by atoms with Crippen molar-refractivity contribution < 1.29 is 32.2 Å². The van der Waals surface area contributed by atoms with Crippen molar-refractivity contribution in [2.45, 2.75) is 45.9 Å². The van der Waals surface area contributed by atoms with Gasteiger partial charge in [-0.1, -0.05) is 43.3 Å². The van der Waals surface area contributed by atoms with Crippen LogP contribution in [0.2, 0.25) is 0 Å². The van der Waals surface area contributed by atoms with E-state index in [0.29, 0.717) is 25.4 Å². The Bertz CT molecular complexity index is 1200. The average Bonchev–Trinajstić information content (AvgIpc) is 2.89. The maximum absolute atomic E-state index is 12.8. The molecule has 0 spiro atoms. The summed E-state index contributed by atoms with van der Waals surface area (Å²) in [6.07, 6.45) is -1.86. The molecule has 0 unspecified atom stereocenters. The molecule has 0 aliphatic heterocycles. The Hall–Kier alpha value is -3.74. The first-order valence-electron chi connectivity index (χ1n) is 12.1. The number of carbonyl (C=O) groups excluding carboxylic acids is 1. The van der Waals surface area contributed by atoms with Crippen molar-refractivity contribution in [1.82, 2.24) is 0 Å². The lowest BCUT2D eigenvalue weighted by molar-refractivity contribution is -0.160. The van der Waals surface area contributed by atoms with Gasteiger partial charge in [-0.2, -0.15) is 13.2 Å². The van der Waals surface area contributed by atoms with Gasteiger partial charge in [0.1, 0.15) is 5.75 Å². The average molecular weight is 514 g/mol. The molecule has 7 heteroatoms. The number of rotatable bonds is 10. The highest BCUT2D eigenvalue weighted by molar-refractivity contribution is 5.79. The number of esters is 1. The molecule has 4 nitrogen and oxygen atoms in total. The summed E-state index contributed by atoms with van der Waals surface area (Å²) in [5.74, 6) is 0.957. The third-order valence-corrected chi connectivity index (χ3v) is 6.12. The zero-order valence-corrected chi connectivity index (χ0v) is 21.4. The van der Waals surface area contributed by atoms with E-state index < -0.39 is 17.3 Å². The molecule has 1 N–H and O–H groups in total. The van der Waals surface area contributed by atoms with Crippen molar-refractivity contribution in [1.29, 1.82) is 0 Å². The number of carbonyl (C=O) groups is 1. The van der Waals surface area contributed by atoms with E-state index in [0.717, 1.165) is 40.1 Å². The van der Waals surface area contributed by atoms with Crippen LogP contribution in [-0.4, -0.2) is 29.5 Å². The number of aromatic hydroxyl groups is 1. The highest BCUT2D eigenvalue weighted by atomic mass is 19.4.